The topological polar surface area (TPSA) is 55.5 Å². The lowest BCUT2D eigenvalue weighted by atomic mass is 10.1. The van der Waals surface area contributed by atoms with Gasteiger partial charge in [0.25, 0.3) is 0 Å². The van der Waals surface area contributed by atoms with E-state index in [1.165, 1.54) is 0 Å². The highest BCUT2D eigenvalue weighted by Crippen LogP contribution is 2.28. The number of ether oxygens (including phenoxy) is 1. The lowest BCUT2D eigenvalue weighted by Gasteiger charge is -2.09. The fourth-order valence-electron chi connectivity index (χ4n) is 1.53. The molecule has 0 amide bonds. The second-order valence-corrected chi connectivity index (χ2v) is 4.96. The molecule has 0 fully saturated rings. The Bertz CT molecular complexity index is 564. The molecule has 0 bridgehead atoms. The highest BCUT2D eigenvalue weighted by atomic mass is 127. The van der Waals surface area contributed by atoms with E-state index in [-0.39, 0.29) is 18.2 Å². The van der Waals surface area contributed by atoms with Crippen LogP contribution in [0.1, 0.15) is 6.93 Å². The second-order valence-electron chi connectivity index (χ2n) is 3.80. The Balaban J connectivity index is 0.00000200. The van der Waals surface area contributed by atoms with Crippen LogP contribution in [0.5, 0.6) is 17.2 Å². The maximum atomic E-state index is 9.21. The summed E-state index contributed by atoms with van der Waals surface area (Å²) >= 11 is 2.19. The first-order chi connectivity index (χ1) is 9.04. The van der Waals surface area contributed by atoms with Crippen molar-refractivity contribution in [2.45, 2.75) is 6.42 Å². The number of aromatic hydroxyl groups is 1. The summed E-state index contributed by atoms with van der Waals surface area (Å²) in [6, 6.07) is 12.3. The van der Waals surface area contributed by atoms with Crippen LogP contribution < -0.4 is 10.5 Å². The van der Waals surface area contributed by atoms with E-state index >= 15 is 0 Å². The summed E-state index contributed by atoms with van der Waals surface area (Å²) in [6.07, 6.45) is 0.523. The number of hydrogen-bond donors (Lipinski definition) is 2. The van der Waals surface area contributed by atoms with Crippen LogP contribution in [-0.4, -0.2) is 11.6 Å². The van der Waals surface area contributed by atoms with Gasteiger partial charge in [-0.25, -0.2) is 0 Å². The number of hydrogen-bond acceptors (Lipinski definition) is 3. The zero-order valence-corrected chi connectivity index (χ0v) is 13.0. The second kappa shape index (κ2) is 7.57. The van der Waals surface area contributed by atoms with Crippen molar-refractivity contribution in [1.82, 2.24) is 0 Å². The van der Waals surface area contributed by atoms with Crippen LogP contribution in [0, 0.1) is 3.57 Å². The summed E-state index contributed by atoms with van der Waals surface area (Å²) in [4.78, 5) is 0. The molecule has 2 aromatic carbocycles. The molecule has 1 atom stereocenters. The molecule has 0 aromatic heterocycles. The summed E-state index contributed by atoms with van der Waals surface area (Å²) in [6.45, 7) is -0.598. The quantitative estimate of drug-likeness (QED) is 0.779. The van der Waals surface area contributed by atoms with Gasteiger partial charge in [0.15, 0.2) is 0 Å². The zero-order valence-electron chi connectivity index (χ0n) is 11.0. The van der Waals surface area contributed by atoms with Crippen LogP contribution in [0.3, 0.4) is 0 Å². The molecule has 3 nitrogen and oxygen atoms in total. The number of halogens is 2. The zero-order chi connectivity index (χ0) is 13.8. The molecule has 102 valence electrons. The summed E-state index contributed by atoms with van der Waals surface area (Å²) in [5.74, 6) is 1.62. The van der Waals surface area contributed by atoms with Crippen molar-refractivity contribution in [3.63, 3.8) is 0 Å². The van der Waals surface area contributed by atoms with E-state index in [2.05, 4.69) is 22.6 Å². The minimum Gasteiger partial charge on any atom is -0.508 e. The van der Waals surface area contributed by atoms with Crippen molar-refractivity contribution in [3.8, 4) is 17.2 Å². The van der Waals surface area contributed by atoms with Gasteiger partial charge in [0.05, 0.1) is 3.57 Å². The predicted molar refractivity (Wildman–Crippen MR) is 87.3 cm³/mol. The summed E-state index contributed by atoms with van der Waals surface area (Å²) in [5.41, 5.74) is 6.48. The SMILES string of the molecule is Cl.[3H]C(N)Cc1ccc(Oc2ccc(O)cc2)c(I)c1. The van der Waals surface area contributed by atoms with Gasteiger partial charge in [-0.15, -0.1) is 12.4 Å². The van der Waals surface area contributed by atoms with Crippen molar-refractivity contribution in [2.24, 2.45) is 5.73 Å². The largest absolute Gasteiger partial charge is 0.508 e. The van der Waals surface area contributed by atoms with Crippen molar-refractivity contribution in [2.75, 3.05) is 6.52 Å². The van der Waals surface area contributed by atoms with E-state index in [4.69, 9.17) is 11.8 Å². The van der Waals surface area contributed by atoms with Crippen LogP contribution in [0.4, 0.5) is 0 Å². The predicted octanol–water partition coefficient (Wildman–Crippen LogP) is 3.71. The van der Waals surface area contributed by atoms with E-state index in [1.807, 2.05) is 18.2 Å². The van der Waals surface area contributed by atoms with Gasteiger partial charge < -0.3 is 15.6 Å². The maximum Gasteiger partial charge on any atom is 0.140 e. The van der Waals surface area contributed by atoms with Gasteiger partial charge in [0, 0.05) is 1.37 Å². The third-order valence-electron chi connectivity index (χ3n) is 2.41. The minimum atomic E-state index is -0.598. The third kappa shape index (κ3) is 4.56. The molecule has 0 aliphatic heterocycles. The van der Waals surface area contributed by atoms with E-state index in [9.17, 15) is 5.11 Å². The Morgan fingerprint density at radius 2 is 1.89 bits per heavy atom. The molecule has 0 saturated carbocycles. The van der Waals surface area contributed by atoms with Crippen molar-refractivity contribution in [1.29, 1.82) is 0 Å². The van der Waals surface area contributed by atoms with Crippen LogP contribution in [0.2, 0.25) is 0 Å². The van der Waals surface area contributed by atoms with Gasteiger partial charge in [0.2, 0.25) is 0 Å². The Kier molecular flexibility index (Phi) is 5.75. The molecule has 0 heterocycles. The summed E-state index contributed by atoms with van der Waals surface area (Å²) in [7, 11) is 0. The van der Waals surface area contributed by atoms with E-state index in [1.54, 1.807) is 24.3 Å². The number of nitrogens with two attached hydrogens (primary N) is 1. The molecule has 5 heteroatoms. The molecule has 0 aliphatic carbocycles. The molecule has 3 N–H and O–H groups in total. The monoisotopic (exact) mass is 393 g/mol. The van der Waals surface area contributed by atoms with Gasteiger partial charge in [-0.3, -0.25) is 0 Å². The lowest BCUT2D eigenvalue weighted by molar-refractivity contribution is 0.463. The standard InChI is InChI=1S/C14H14INO2.ClH/c15-13-9-10(7-8-16)1-6-14(13)18-12-4-2-11(17)3-5-12;/h1-6,9,17H,7-8,16H2;1H/i8T;. The van der Waals surface area contributed by atoms with Crippen LogP contribution in [0.25, 0.3) is 0 Å². The van der Waals surface area contributed by atoms with Gasteiger partial charge in [-0.2, -0.15) is 0 Å². The first-order valence-corrected chi connectivity index (χ1v) is 6.55. The van der Waals surface area contributed by atoms with Crippen LogP contribution in [-0.2, 0) is 6.42 Å². The normalized spacial score (nSPS) is 12.2. The minimum absolute atomic E-state index is 0. The molecule has 1 unspecified atom stereocenters. The third-order valence-corrected chi connectivity index (χ3v) is 3.26. The Labute approximate surface area is 133 Å². The van der Waals surface area contributed by atoms with Crippen molar-refractivity contribution < 1.29 is 11.2 Å². The van der Waals surface area contributed by atoms with Gasteiger partial charge in [0.1, 0.15) is 17.2 Å². The Hall–Kier alpha value is -0.980. The molecular formula is C14H15ClINO2. The molecule has 2 rings (SSSR count). The smallest absolute Gasteiger partial charge is 0.140 e. The van der Waals surface area contributed by atoms with Gasteiger partial charge in [-0.05, 0) is 77.5 Å². The molecule has 0 aliphatic rings. The number of phenolic OH excluding ortho intramolecular Hbond substituents is 1. The molecule has 2 aromatic rings. The fourth-order valence-corrected chi connectivity index (χ4v) is 2.22. The number of benzene rings is 2. The molecule has 0 saturated heterocycles. The molecule has 0 radical (unpaired) electrons. The van der Waals surface area contributed by atoms with Crippen molar-refractivity contribution >= 4 is 35.0 Å². The summed E-state index contributed by atoms with van der Waals surface area (Å²) in [5, 5.41) is 9.21. The molecule has 0 spiro atoms. The maximum absolute atomic E-state index is 9.21. The highest BCUT2D eigenvalue weighted by Gasteiger charge is 2.04. The highest BCUT2D eigenvalue weighted by molar-refractivity contribution is 14.1. The van der Waals surface area contributed by atoms with Crippen molar-refractivity contribution in [3.05, 3.63) is 51.6 Å². The van der Waals surface area contributed by atoms with Gasteiger partial charge >= 0.3 is 0 Å². The fraction of sp³-hybridized carbons (Fsp3) is 0.143. The Morgan fingerprint density at radius 1 is 1.21 bits per heavy atom. The van der Waals surface area contributed by atoms with E-state index < -0.39 is 6.52 Å². The lowest BCUT2D eigenvalue weighted by Crippen LogP contribution is -2.02. The van der Waals surface area contributed by atoms with E-state index in [0.29, 0.717) is 12.2 Å². The average molecular weight is 394 g/mol. The first-order valence-electron chi connectivity index (χ1n) is 6.05. The number of phenols is 1. The van der Waals surface area contributed by atoms with Crippen LogP contribution in [0.15, 0.2) is 42.5 Å². The molecular weight excluding hydrogens is 377 g/mol. The number of rotatable bonds is 4. The van der Waals surface area contributed by atoms with E-state index in [0.717, 1.165) is 14.9 Å². The summed E-state index contributed by atoms with van der Waals surface area (Å²) < 4.78 is 14.0. The first kappa shape index (κ1) is 14.4. The average Bonchev–Trinajstić information content (AvgIpc) is 2.34. The number of aryl methyl sites for hydroxylation is 1. The van der Waals surface area contributed by atoms with Crippen LogP contribution >= 0.6 is 35.0 Å². The molecule has 19 heavy (non-hydrogen) atoms. The Morgan fingerprint density at radius 3 is 2.47 bits per heavy atom. The van der Waals surface area contributed by atoms with Gasteiger partial charge in [-0.1, -0.05) is 6.07 Å².